The Kier molecular flexibility index (Phi) is 6.27. The highest BCUT2D eigenvalue weighted by molar-refractivity contribution is 6.02. The topological polar surface area (TPSA) is 109 Å². The number of aryl methyl sites for hydroxylation is 1. The number of amides is 2. The monoisotopic (exact) mass is 418 g/mol. The minimum atomic E-state index is -0.357. The van der Waals surface area contributed by atoms with Gasteiger partial charge in [-0.05, 0) is 42.8 Å². The van der Waals surface area contributed by atoms with Gasteiger partial charge in [0, 0.05) is 24.7 Å². The van der Waals surface area contributed by atoms with Crippen molar-refractivity contribution in [1.82, 2.24) is 15.3 Å². The number of hydrogen-bond donors (Lipinski definition) is 3. The standard InChI is InChI=1S/C23H22N4O4/c28-22(24-12-4-11-21-26-18-8-1-2-9-19(18)27-21)15-31-17-7-3-6-16(14-17)25-23(29)20-10-5-13-30-20/h1-3,5-10,13-14H,4,11-12,15H2,(H,24,28)(H,25,29)(H,26,27). The fourth-order valence-corrected chi connectivity index (χ4v) is 3.07. The molecule has 2 aromatic carbocycles. The molecule has 0 radical (unpaired) electrons. The quantitative estimate of drug-likeness (QED) is 0.360. The second kappa shape index (κ2) is 9.62. The molecular formula is C23H22N4O4. The van der Waals surface area contributed by atoms with Crippen molar-refractivity contribution in [2.24, 2.45) is 0 Å². The molecule has 0 atom stereocenters. The lowest BCUT2D eigenvalue weighted by atomic mass is 10.3. The number of rotatable bonds is 9. The number of hydrogen-bond acceptors (Lipinski definition) is 5. The molecule has 2 aromatic heterocycles. The van der Waals surface area contributed by atoms with E-state index in [1.807, 2.05) is 24.3 Å². The number of para-hydroxylation sites is 2. The Morgan fingerprint density at radius 3 is 2.81 bits per heavy atom. The Morgan fingerprint density at radius 1 is 1.06 bits per heavy atom. The molecule has 3 N–H and O–H groups in total. The molecule has 0 bridgehead atoms. The van der Waals surface area contributed by atoms with E-state index in [-0.39, 0.29) is 24.2 Å². The van der Waals surface area contributed by atoms with Crippen LogP contribution in [0, 0.1) is 0 Å². The van der Waals surface area contributed by atoms with Gasteiger partial charge in [-0.3, -0.25) is 9.59 Å². The lowest BCUT2D eigenvalue weighted by Gasteiger charge is -2.09. The van der Waals surface area contributed by atoms with Crippen LogP contribution in [0.3, 0.4) is 0 Å². The van der Waals surface area contributed by atoms with Crippen molar-refractivity contribution in [3.8, 4) is 5.75 Å². The SMILES string of the molecule is O=C(COc1cccc(NC(=O)c2ccco2)c1)NCCCc1nc2ccccc2[nH]1. The van der Waals surface area contributed by atoms with Gasteiger partial charge in [-0.2, -0.15) is 0 Å². The Hall–Kier alpha value is -4.07. The maximum absolute atomic E-state index is 12.0. The van der Waals surface area contributed by atoms with Crippen LogP contribution in [-0.2, 0) is 11.2 Å². The molecule has 0 aliphatic rings. The molecule has 4 rings (SSSR count). The van der Waals surface area contributed by atoms with E-state index in [1.165, 1.54) is 6.26 Å². The number of aromatic amines is 1. The average Bonchev–Trinajstić information content (AvgIpc) is 3.45. The van der Waals surface area contributed by atoms with E-state index in [1.54, 1.807) is 36.4 Å². The molecule has 0 saturated carbocycles. The van der Waals surface area contributed by atoms with Crippen LogP contribution in [0.2, 0.25) is 0 Å². The van der Waals surface area contributed by atoms with Crippen molar-refractivity contribution in [3.63, 3.8) is 0 Å². The predicted octanol–water partition coefficient (Wildman–Crippen LogP) is 3.54. The number of ether oxygens (including phenoxy) is 1. The number of imidazole rings is 1. The maximum Gasteiger partial charge on any atom is 0.291 e. The molecule has 8 nitrogen and oxygen atoms in total. The smallest absolute Gasteiger partial charge is 0.291 e. The van der Waals surface area contributed by atoms with E-state index in [0.29, 0.717) is 18.0 Å². The highest BCUT2D eigenvalue weighted by atomic mass is 16.5. The van der Waals surface area contributed by atoms with Crippen LogP contribution >= 0.6 is 0 Å². The number of aromatic nitrogens is 2. The third-order valence-electron chi connectivity index (χ3n) is 4.56. The van der Waals surface area contributed by atoms with Crippen LogP contribution in [0.5, 0.6) is 5.75 Å². The first kappa shape index (κ1) is 20.2. The van der Waals surface area contributed by atoms with Crippen LogP contribution < -0.4 is 15.4 Å². The zero-order valence-electron chi connectivity index (χ0n) is 16.8. The summed E-state index contributed by atoms with van der Waals surface area (Å²) >= 11 is 0. The Morgan fingerprint density at radius 2 is 1.97 bits per heavy atom. The number of fused-ring (bicyclic) bond motifs is 1. The third-order valence-corrected chi connectivity index (χ3v) is 4.56. The Bertz CT molecular complexity index is 1130. The molecule has 0 saturated heterocycles. The van der Waals surface area contributed by atoms with Crippen LogP contribution in [0.1, 0.15) is 22.8 Å². The van der Waals surface area contributed by atoms with Crippen molar-refractivity contribution in [2.45, 2.75) is 12.8 Å². The molecule has 0 fully saturated rings. The van der Waals surface area contributed by atoms with Crippen molar-refractivity contribution in [3.05, 3.63) is 78.5 Å². The summed E-state index contributed by atoms with van der Waals surface area (Å²) in [4.78, 5) is 31.9. The zero-order chi connectivity index (χ0) is 21.5. The van der Waals surface area contributed by atoms with Gasteiger partial charge in [0.2, 0.25) is 0 Å². The minimum Gasteiger partial charge on any atom is -0.484 e. The first-order valence-electron chi connectivity index (χ1n) is 9.95. The molecule has 8 heteroatoms. The van der Waals surface area contributed by atoms with Crippen LogP contribution in [-0.4, -0.2) is 34.9 Å². The first-order valence-corrected chi connectivity index (χ1v) is 9.95. The van der Waals surface area contributed by atoms with Crippen LogP contribution in [0.15, 0.2) is 71.3 Å². The van der Waals surface area contributed by atoms with Crippen LogP contribution in [0.25, 0.3) is 11.0 Å². The highest BCUT2D eigenvalue weighted by Gasteiger charge is 2.10. The predicted molar refractivity (Wildman–Crippen MR) is 116 cm³/mol. The van der Waals surface area contributed by atoms with Gasteiger partial charge in [-0.15, -0.1) is 0 Å². The van der Waals surface area contributed by atoms with E-state index in [0.717, 1.165) is 29.7 Å². The average molecular weight is 418 g/mol. The lowest BCUT2D eigenvalue weighted by Crippen LogP contribution is -2.30. The fourth-order valence-electron chi connectivity index (χ4n) is 3.07. The highest BCUT2D eigenvalue weighted by Crippen LogP contribution is 2.18. The summed E-state index contributed by atoms with van der Waals surface area (Å²) in [5, 5.41) is 5.55. The van der Waals surface area contributed by atoms with Gasteiger partial charge < -0.3 is 24.8 Å². The summed E-state index contributed by atoms with van der Waals surface area (Å²) in [5.41, 5.74) is 2.50. The minimum absolute atomic E-state index is 0.111. The summed E-state index contributed by atoms with van der Waals surface area (Å²) in [6.45, 7) is 0.415. The molecule has 0 unspecified atom stereocenters. The summed E-state index contributed by atoms with van der Waals surface area (Å²) < 4.78 is 10.6. The summed E-state index contributed by atoms with van der Waals surface area (Å²) in [7, 11) is 0. The lowest BCUT2D eigenvalue weighted by molar-refractivity contribution is -0.123. The van der Waals surface area contributed by atoms with Crippen LogP contribution in [0.4, 0.5) is 5.69 Å². The second-order valence-electron chi connectivity index (χ2n) is 6.90. The summed E-state index contributed by atoms with van der Waals surface area (Å²) in [6.07, 6.45) is 2.94. The fraction of sp³-hybridized carbons (Fsp3) is 0.174. The Labute approximate surface area is 178 Å². The van der Waals surface area contributed by atoms with E-state index in [2.05, 4.69) is 20.6 Å². The first-order chi connectivity index (χ1) is 15.2. The number of H-pyrrole nitrogens is 1. The van der Waals surface area contributed by atoms with Gasteiger partial charge in [-0.1, -0.05) is 18.2 Å². The van der Waals surface area contributed by atoms with Crippen molar-refractivity contribution < 1.29 is 18.7 Å². The normalized spacial score (nSPS) is 10.7. The largest absolute Gasteiger partial charge is 0.484 e. The number of benzene rings is 2. The number of nitrogens with zero attached hydrogens (tertiary/aromatic N) is 1. The summed E-state index contributed by atoms with van der Waals surface area (Å²) in [5.74, 6) is 1.03. The number of anilines is 1. The van der Waals surface area contributed by atoms with Gasteiger partial charge >= 0.3 is 0 Å². The Balaban J connectivity index is 1.18. The molecule has 158 valence electrons. The van der Waals surface area contributed by atoms with Crippen molar-refractivity contribution >= 4 is 28.5 Å². The van der Waals surface area contributed by atoms with E-state index in [4.69, 9.17) is 9.15 Å². The molecule has 0 spiro atoms. The van der Waals surface area contributed by atoms with E-state index in [9.17, 15) is 9.59 Å². The van der Waals surface area contributed by atoms with Gasteiger partial charge in [0.15, 0.2) is 12.4 Å². The van der Waals surface area contributed by atoms with Gasteiger partial charge in [0.1, 0.15) is 11.6 Å². The molecule has 31 heavy (non-hydrogen) atoms. The second-order valence-corrected chi connectivity index (χ2v) is 6.90. The number of carbonyl (C=O) groups is 2. The number of carbonyl (C=O) groups excluding carboxylic acids is 2. The molecule has 2 heterocycles. The molecule has 0 aliphatic carbocycles. The van der Waals surface area contributed by atoms with Gasteiger partial charge in [-0.25, -0.2) is 4.98 Å². The molecular weight excluding hydrogens is 396 g/mol. The maximum atomic E-state index is 12.0. The third kappa shape index (κ3) is 5.51. The van der Waals surface area contributed by atoms with E-state index >= 15 is 0 Å². The number of nitrogens with one attached hydrogen (secondary N) is 3. The molecule has 0 aliphatic heterocycles. The van der Waals surface area contributed by atoms with Crippen molar-refractivity contribution in [1.29, 1.82) is 0 Å². The summed E-state index contributed by atoms with van der Waals surface area (Å²) in [6, 6.07) is 17.9. The zero-order valence-corrected chi connectivity index (χ0v) is 16.8. The molecule has 4 aromatic rings. The van der Waals surface area contributed by atoms with Gasteiger partial charge in [0.25, 0.3) is 11.8 Å². The van der Waals surface area contributed by atoms with E-state index < -0.39 is 0 Å². The van der Waals surface area contributed by atoms with Gasteiger partial charge in [0.05, 0.1) is 17.3 Å². The molecule has 2 amide bonds. The van der Waals surface area contributed by atoms with Crippen molar-refractivity contribution in [2.75, 3.05) is 18.5 Å². The number of furan rings is 1.